The van der Waals surface area contributed by atoms with Gasteiger partial charge >= 0.3 is 5.97 Å². The second kappa shape index (κ2) is 10.3. The summed E-state index contributed by atoms with van der Waals surface area (Å²) in [5.74, 6) is -1.48. The Kier molecular flexibility index (Phi) is 7.49. The Bertz CT molecular complexity index is 981. The van der Waals surface area contributed by atoms with Crippen LogP contribution in [0.2, 0.25) is 0 Å². The lowest BCUT2D eigenvalue weighted by atomic mass is 10.1. The van der Waals surface area contributed by atoms with Gasteiger partial charge in [-0.05, 0) is 30.3 Å². The van der Waals surface area contributed by atoms with Crippen LogP contribution in [-0.2, 0) is 14.3 Å². The topological polar surface area (TPSA) is 158 Å². The summed E-state index contributed by atoms with van der Waals surface area (Å²) in [4.78, 5) is 35.7. The van der Waals surface area contributed by atoms with Gasteiger partial charge in [-0.25, -0.2) is 0 Å². The van der Waals surface area contributed by atoms with Crippen LogP contribution in [0.15, 0.2) is 48.8 Å². The van der Waals surface area contributed by atoms with Crippen LogP contribution in [0, 0.1) is 0 Å². The molecule has 32 heavy (non-hydrogen) atoms. The van der Waals surface area contributed by atoms with Gasteiger partial charge in [-0.15, -0.1) is 0 Å². The van der Waals surface area contributed by atoms with E-state index >= 15 is 0 Å². The number of pyridine rings is 1. The van der Waals surface area contributed by atoms with Crippen molar-refractivity contribution in [2.24, 2.45) is 0 Å². The third kappa shape index (κ3) is 5.26. The standard InChI is InChI=1S/C21H23N3O8/c1-31-16(26)9-22-19(29)12-4-6-14(7-5-12)23-20(30)13-3-2-8-24(10-13)21-18(28)17(27)15(11-25)32-21/h2-8,10,15,17-18,21,25,27-28H,9,11H2,1H3,(H-,22,23,29,30)/p+1/t15-,17-,18-,21-/m1/s1. The van der Waals surface area contributed by atoms with Crippen LogP contribution in [0.25, 0.3) is 0 Å². The molecule has 0 bridgehead atoms. The Labute approximate surface area is 183 Å². The first kappa shape index (κ1) is 23.3. The van der Waals surface area contributed by atoms with Crippen molar-refractivity contribution in [2.75, 3.05) is 25.6 Å². The van der Waals surface area contributed by atoms with Crippen LogP contribution < -0.4 is 15.2 Å². The minimum Gasteiger partial charge on any atom is -0.468 e. The van der Waals surface area contributed by atoms with Gasteiger partial charge in [0.2, 0.25) is 0 Å². The number of carbonyl (C=O) groups is 3. The van der Waals surface area contributed by atoms with Gasteiger partial charge in [-0.2, -0.15) is 4.57 Å². The van der Waals surface area contributed by atoms with Crippen molar-refractivity contribution in [3.05, 3.63) is 59.9 Å². The van der Waals surface area contributed by atoms with Gasteiger partial charge in [0.25, 0.3) is 18.0 Å². The number of nitrogens with one attached hydrogen (secondary N) is 2. The van der Waals surface area contributed by atoms with Crippen LogP contribution in [0.1, 0.15) is 26.9 Å². The maximum atomic E-state index is 12.6. The first-order chi connectivity index (χ1) is 15.3. The molecule has 0 aliphatic carbocycles. The zero-order chi connectivity index (χ0) is 23.3. The summed E-state index contributed by atoms with van der Waals surface area (Å²) in [5.41, 5.74) is 0.988. The molecule has 11 heteroatoms. The first-order valence-electron chi connectivity index (χ1n) is 9.73. The van der Waals surface area contributed by atoms with E-state index in [0.717, 1.165) is 0 Å². The van der Waals surface area contributed by atoms with Crippen LogP contribution >= 0.6 is 0 Å². The molecule has 0 unspecified atom stereocenters. The van der Waals surface area contributed by atoms with E-state index in [-0.39, 0.29) is 12.1 Å². The number of methoxy groups -OCH3 is 1. The molecule has 170 valence electrons. The minimum atomic E-state index is -1.27. The number of hydrogen-bond acceptors (Lipinski definition) is 8. The predicted molar refractivity (Wildman–Crippen MR) is 108 cm³/mol. The normalized spacial score (nSPS) is 22.2. The highest BCUT2D eigenvalue weighted by Gasteiger charge is 2.48. The molecule has 1 fully saturated rings. The van der Waals surface area contributed by atoms with E-state index in [2.05, 4.69) is 15.4 Å². The zero-order valence-corrected chi connectivity index (χ0v) is 17.2. The SMILES string of the molecule is COC(=O)CNC(=O)c1ccc(NC(=O)c2ccc[n+]([C@@H]3O[C@H](CO)[C@@H](O)[C@H]3O)c2)cc1. The Morgan fingerprint density at radius 3 is 2.41 bits per heavy atom. The van der Waals surface area contributed by atoms with Crippen LogP contribution in [0.5, 0.6) is 0 Å². The molecule has 3 rings (SSSR count). The molecule has 1 aliphatic heterocycles. The van der Waals surface area contributed by atoms with E-state index in [1.807, 2.05) is 0 Å². The van der Waals surface area contributed by atoms with E-state index < -0.39 is 48.9 Å². The summed E-state index contributed by atoms with van der Waals surface area (Å²) < 4.78 is 11.4. The van der Waals surface area contributed by atoms with Gasteiger partial charge in [0.05, 0.1) is 13.7 Å². The molecule has 1 saturated heterocycles. The molecule has 0 saturated carbocycles. The molecule has 11 nitrogen and oxygen atoms in total. The number of anilines is 1. The van der Waals surface area contributed by atoms with Crippen molar-refractivity contribution in [3.63, 3.8) is 0 Å². The second-order valence-corrected chi connectivity index (χ2v) is 7.06. The molecule has 2 amide bonds. The summed E-state index contributed by atoms with van der Waals surface area (Å²) in [7, 11) is 1.22. The van der Waals surface area contributed by atoms with Crippen LogP contribution in [0.4, 0.5) is 5.69 Å². The smallest absolute Gasteiger partial charge is 0.325 e. The highest BCUT2D eigenvalue weighted by atomic mass is 16.6. The maximum absolute atomic E-state index is 12.6. The number of nitrogens with zero attached hydrogens (tertiary/aromatic N) is 1. The number of aliphatic hydroxyl groups excluding tert-OH is 3. The fraction of sp³-hybridized carbons (Fsp3) is 0.333. The molecule has 5 N–H and O–H groups in total. The number of esters is 1. The van der Waals surface area contributed by atoms with Gasteiger partial charge in [-0.1, -0.05) is 0 Å². The van der Waals surface area contributed by atoms with Crippen LogP contribution in [0.3, 0.4) is 0 Å². The summed E-state index contributed by atoms with van der Waals surface area (Å²) in [6.07, 6.45) is -1.39. The largest absolute Gasteiger partial charge is 0.468 e. The van der Waals surface area contributed by atoms with Gasteiger partial charge in [-0.3, -0.25) is 14.4 Å². The average Bonchev–Trinajstić information content (AvgIpc) is 3.11. The van der Waals surface area contributed by atoms with Crippen molar-refractivity contribution in [1.82, 2.24) is 5.32 Å². The van der Waals surface area contributed by atoms with Gasteiger partial charge in [0.15, 0.2) is 18.5 Å². The van der Waals surface area contributed by atoms with E-state index in [1.54, 1.807) is 18.3 Å². The van der Waals surface area contributed by atoms with E-state index in [1.165, 1.54) is 42.1 Å². The lowest BCUT2D eigenvalue weighted by Crippen LogP contribution is -2.46. The number of aromatic nitrogens is 1. The summed E-state index contributed by atoms with van der Waals surface area (Å²) >= 11 is 0. The van der Waals surface area contributed by atoms with Gasteiger partial charge in [0, 0.05) is 17.3 Å². The Morgan fingerprint density at radius 1 is 1.06 bits per heavy atom. The van der Waals surface area contributed by atoms with Crippen molar-refractivity contribution >= 4 is 23.5 Å². The van der Waals surface area contributed by atoms with Crippen molar-refractivity contribution in [2.45, 2.75) is 24.5 Å². The minimum absolute atomic E-state index is 0.253. The molecule has 2 heterocycles. The fourth-order valence-corrected chi connectivity index (χ4v) is 3.15. The highest BCUT2D eigenvalue weighted by Crippen LogP contribution is 2.25. The molecular weight excluding hydrogens is 422 g/mol. The molecule has 2 aromatic rings. The first-order valence-corrected chi connectivity index (χ1v) is 9.73. The molecular formula is C21H24N3O8+. The third-order valence-corrected chi connectivity index (χ3v) is 4.92. The lowest BCUT2D eigenvalue weighted by Gasteiger charge is -2.11. The zero-order valence-electron chi connectivity index (χ0n) is 17.2. The molecule has 1 aromatic heterocycles. The van der Waals surface area contributed by atoms with Crippen LogP contribution in [-0.4, -0.2) is 71.7 Å². The Hall–Kier alpha value is -3.38. The molecule has 1 aromatic carbocycles. The number of rotatable bonds is 7. The number of amides is 2. The number of ether oxygens (including phenoxy) is 2. The van der Waals surface area contributed by atoms with Crippen molar-refractivity contribution in [1.29, 1.82) is 0 Å². The maximum Gasteiger partial charge on any atom is 0.325 e. The molecule has 0 radical (unpaired) electrons. The summed E-state index contributed by atoms with van der Waals surface area (Å²) in [6.45, 7) is -0.705. The van der Waals surface area contributed by atoms with Crippen molar-refractivity contribution in [3.8, 4) is 0 Å². The number of benzene rings is 1. The molecule has 0 spiro atoms. The number of carbonyl (C=O) groups excluding carboxylic acids is 3. The fourth-order valence-electron chi connectivity index (χ4n) is 3.15. The Balaban J connectivity index is 1.64. The molecule has 4 atom stereocenters. The monoisotopic (exact) mass is 446 g/mol. The van der Waals surface area contributed by atoms with E-state index in [9.17, 15) is 29.7 Å². The third-order valence-electron chi connectivity index (χ3n) is 4.92. The summed E-state index contributed by atoms with van der Waals surface area (Å²) in [5, 5.41) is 34.4. The average molecular weight is 446 g/mol. The number of hydrogen-bond donors (Lipinski definition) is 5. The van der Waals surface area contributed by atoms with Gasteiger partial charge < -0.3 is 35.4 Å². The lowest BCUT2D eigenvalue weighted by molar-refractivity contribution is -0.765. The second-order valence-electron chi connectivity index (χ2n) is 7.06. The highest BCUT2D eigenvalue weighted by molar-refractivity contribution is 6.04. The Morgan fingerprint density at radius 2 is 1.78 bits per heavy atom. The van der Waals surface area contributed by atoms with Gasteiger partial charge in [0.1, 0.15) is 24.3 Å². The van der Waals surface area contributed by atoms with Crippen molar-refractivity contribution < 1.29 is 43.7 Å². The quantitative estimate of drug-likeness (QED) is 0.260. The predicted octanol–water partition coefficient (Wildman–Crippen LogP) is -1.26. The molecule has 1 aliphatic rings. The summed E-state index contributed by atoms with van der Waals surface area (Å²) in [6, 6.07) is 9.20. The number of aliphatic hydroxyl groups is 3. The van der Waals surface area contributed by atoms with E-state index in [0.29, 0.717) is 11.3 Å². The van der Waals surface area contributed by atoms with E-state index in [4.69, 9.17) is 4.74 Å².